The molecule has 0 aliphatic carbocycles. The molecule has 2 aromatic carbocycles. The molecule has 2 aromatic rings. The molecule has 2 atom stereocenters. The Morgan fingerprint density at radius 3 is 2.43 bits per heavy atom. The van der Waals surface area contributed by atoms with Crippen molar-refractivity contribution in [2.75, 3.05) is 12.4 Å². The highest BCUT2D eigenvalue weighted by Gasteiger charge is 2.23. The number of carbonyl (C=O) groups is 1. The van der Waals surface area contributed by atoms with Gasteiger partial charge < -0.3 is 15.7 Å². The second-order valence-corrected chi connectivity index (χ2v) is 5.55. The van der Waals surface area contributed by atoms with Crippen molar-refractivity contribution in [1.82, 2.24) is 5.32 Å². The molecule has 3 N–H and O–H groups in total. The Labute approximate surface area is 139 Å². The first-order valence-corrected chi connectivity index (χ1v) is 7.53. The summed E-state index contributed by atoms with van der Waals surface area (Å²) in [4.78, 5) is 12.1. The lowest BCUT2D eigenvalue weighted by atomic mass is 10.0. The summed E-state index contributed by atoms with van der Waals surface area (Å²) in [6.07, 6.45) is -0.908. The maximum absolute atomic E-state index is 14.7. The summed E-state index contributed by atoms with van der Waals surface area (Å²) < 4.78 is 14.7. The third kappa shape index (κ3) is 3.88. The molecule has 122 valence electrons. The molecule has 0 bridgehead atoms. The van der Waals surface area contributed by atoms with Gasteiger partial charge in [0, 0.05) is 16.1 Å². The first kappa shape index (κ1) is 17.4. The van der Waals surface area contributed by atoms with E-state index in [1.807, 2.05) is 0 Å². The quantitative estimate of drug-likeness (QED) is 0.786. The van der Waals surface area contributed by atoms with Crippen molar-refractivity contribution in [2.24, 2.45) is 0 Å². The second kappa shape index (κ2) is 7.55. The number of rotatable bonds is 5. The maximum atomic E-state index is 14.7. The van der Waals surface area contributed by atoms with Crippen LogP contribution in [0.2, 0.25) is 5.02 Å². The molecule has 0 aliphatic rings. The monoisotopic (exact) mass is 336 g/mol. The van der Waals surface area contributed by atoms with E-state index in [0.29, 0.717) is 16.1 Å². The van der Waals surface area contributed by atoms with E-state index < -0.39 is 23.9 Å². The van der Waals surface area contributed by atoms with Crippen molar-refractivity contribution in [3.05, 3.63) is 53.3 Å². The van der Waals surface area contributed by atoms with Crippen LogP contribution in [0.3, 0.4) is 0 Å². The first-order chi connectivity index (χ1) is 11.0. The summed E-state index contributed by atoms with van der Waals surface area (Å²) in [7, 11) is 1.55. The van der Waals surface area contributed by atoms with Gasteiger partial charge in [-0.15, -0.1) is 0 Å². The van der Waals surface area contributed by atoms with Crippen LogP contribution >= 0.6 is 11.6 Å². The van der Waals surface area contributed by atoms with Crippen LogP contribution in [0.25, 0.3) is 11.1 Å². The molecule has 6 heteroatoms. The summed E-state index contributed by atoms with van der Waals surface area (Å²) in [6, 6.07) is 10.8. The minimum atomic E-state index is -0.908. The molecule has 0 aromatic heterocycles. The second-order valence-electron chi connectivity index (χ2n) is 5.14. The third-order valence-electron chi connectivity index (χ3n) is 3.50. The fourth-order valence-corrected chi connectivity index (χ4v) is 2.56. The average molecular weight is 337 g/mol. The minimum Gasteiger partial charge on any atom is -0.391 e. The molecule has 0 aliphatic heterocycles. The summed E-state index contributed by atoms with van der Waals surface area (Å²) in [6.45, 7) is 1.48. The number of hydrogen-bond acceptors (Lipinski definition) is 3. The first-order valence-electron chi connectivity index (χ1n) is 7.15. The van der Waals surface area contributed by atoms with Crippen molar-refractivity contribution in [1.29, 1.82) is 0 Å². The van der Waals surface area contributed by atoms with Crippen molar-refractivity contribution in [3.8, 4) is 11.1 Å². The van der Waals surface area contributed by atoms with E-state index in [0.717, 1.165) is 0 Å². The normalized spacial score (nSPS) is 13.4. The molecular weight excluding hydrogens is 319 g/mol. The van der Waals surface area contributed by atoms with Crippen molar-refractivity contribution < 1.29 is 14.3 Å². The lowest BCUT2D eigenvalue weighted by molar-refractivity contribution is -0.120. The zero-order valence-corrected chi connectivity index (χ0v) is 13.6. The zero-order chi connectivity index (χ0) is 17.0. The van der Waals surface area contributed by atoms with Crippen LogP contribution in [-0.4, -0.2) is 30.2 Å². The maximum Gasteiger partial charge on any atom is 0.244 e. The van der Waals surface area contributed by atoms with Crippen LogP contribution in [-0.2, 0) is 4.79 Å². The summed E-state index contributed by atoms with van der Waals surface area (Å²) in [5.41, 5.74) is 0.878. The molecule has 0 spiro atoms. The standard InChI is InChI=1S/C17H18ClFN2O2/c1-10(22)16(20-2)17(23)21-14-9-5-7-12(15(14)19)11-6-3-4-8-13(11)18/h3-10,16,20,22H,1-2H3,(H,21,23)/t10-,16+/m1/s1. The number of aliphatic hydroxyl groups excluding tert-OH is 1. The molecule has 0 heterocycles. The Bertz CT molecular complexity index is 707. The van der Waals surface area contributed by atoms with Gasteiger partial charge in [-0.1, -0.05) is 41.9 Å². The molecule has 0 saturated heterocycles. The highest BCUT2D eigenvalue weighted by molar-refractivity contribution is 6.33. The number of benzene rings is 2. The number of aliphatic hydroxyl groups is 1. The van der Waals surface area contributed by atoms with Crippen molar-refractivity contribution >= 4 is 23.2 Å². The van der Waals surface area contributed by atoms with E-state index in [4.69, 9.17) is 11.6 Å². The molecule has 4 nitrogen and oxygen atoms in total. The third-order valence-corrected chi connectivity index (χ3v) is 3.83. The predicted octanol–water partition coefficient (Wildman–Crippen LogP) is 3.05. The van der Waals surface area contributed by atoms with Crippen LogP contribution in [0.4, 0.5) is 10.1 Å². The van der Waals surface area contributed by atoms with Crippen LogP contribution in [0.15, 0.2) is 42.5 Å². The number of carbonyl (C=O) groups excluding carboxylic acids is 1. The fourth-order valence-electron chi connectivity index (χ4n) is 2.32. The minimum absolute atomic E-state index is 0.0355. The summed E-state index contributed by atoms with van der Waals surface area (Å²) in [5, 5.41) is 15.2. The van der Waals surface area contributed by atoms with E-state index in [1.165, 1.54) is 13.0 Å². The van der Waals surface area contributed by atoms with Crippen LogP contribution < -0.4 is 10.6 Å². The van der Waals surface area contributed by atoms with Gasteiger partial charge in [0.2, 0.25) is 5.91 Å². The number of halogens is 2. The Hall–Kier alpha value is -1.95. The van der Waals surface area contributed by atoms with E-state index >= 15 is 0 Å². The molecule has 1 amide bonds. The van der Waals surface area contributed by atoms with Gasteiger partial charge in [-0.25, -0.2) is 4.39 Å². The van der Waals surface area contributed by atoms with E-state index in [9.17, 15) is 14.3 Å². The summed E-state index contributed by atoms with van der Waals surface area (Å²) >= 11 is 6.11. The highest BCUT2D eigenvalue weighted by atomic mass is 35.5. The Kier molecular flexibility index (Phi) is 5.71. The van der Waals surface area contributed by atoms with Gasteiger partial charge in [-0.2, -0.15) is 0 Å². The van der Waals surface area contributed by atoms with Gasteiger partial charge in [0.1, 0.15) is 6.04 Å². The molecule has 2 rings (SSSR count). The zero-order valence-electron chi connectivity index (χ0n) is 12.8. The number of amides is 1. The van der Waals surface area contributed by atoms with Crippen molar-refractivity contribution in [3.63, 3.8) is 0 Å². The Balaban J connectivity index is 2.34. The molecule has 0 saturated carbocycles. The van der Waals surface area contributed by atoms with Gasteiger partial charge in [-0.05, 0) is 26.1 Å². The van der Waals surface area contributed by atoms with E-state index in [2.05, 4.69) is 10.6 Å². The number of hydrogen-bond donors (Lipinski definition) is 3. The molecule has 0 fully saturated rings. The SMILES string of the molecule is CN[C@H](C(=O)Nc1cccc(-c2ccccc2Cl)c1F)[C@@H](C)O. The van der Waals surface area contributed by atoms with Crippen LogP contribution in [0, 0.1) is 5.82 Å². The molecular formula is C17H18ClFN2O2. The highest BCUT2D eigenvalue weighted by Crippen LogP contribution is 2.32. The smallest absolute Gasteiger partial charge is 0.244 e. The molecule has 23 heavy (non-hydrogen) atoms. The fraction of sp³-hybridized carbons (Fsp3) is 0.235. The lowest BCUT2D eigenvalue weighted by Gasteiger charge is -2.19. The van der Waals surface area contributed by atoms with Crippen LogP contribution in [0.1, 0.15) is 6.92 Å². The van der Waals surface area contributed by atoms with Gasteiger partial charge in [-0.3, -0.25) is 4.79 Å². The van der Waals surface area contributed by atoms with Crippen LogP contribution in [0.5, 0.6) is 0 Å². The van der Waals surface area contributed by atoms with Gasteiger partial charge in [0.15, 0.2) is 5.82 Å². The molecule has 0 radical (unpaired) electrons. The number of anilines is 1. The van der Waals surface area contributed by atoms with Gasteiger partial charge in [0.25, 0.3) is 0 Å². The number of likely N-dealkylation sites (N-methyl/N-ethyl adjacent to an activating group) is 1. The molecule has 0 unspecified atom stereocenters. The topological polar surface area (TPSA) is 61.4 Å². The Morgan fingerprint density at radius 2 is 1.83 bits per heavy atom. The summed E-state index contributed by atoms with van der Waals surface area (Å²) in [5.74, 6) is -1.09. The largest absolute Gasteiger partial charge is 0.391 e. The average Bonchev–Trinajstić information content (AvgIpc) is 2.50. The van der Waals surface area contributed by atoms with Gasteiger partial charge >= 0.3 is 0 Å². The predicted molar refractivity (Wildman–Crippen MR) is 90.0 cm³/mol. The van der Waals surface area contributed by atoms with Crippen molar-refractivity contribution in [2.45, 2.75) is 19.1 Å². The van der Waals surface area contributed by atoms with E-state index in [1.54, 1.807) is 43.4 Å². The number of nitrogens with one attached hydrogen (secondary N) is 2. The lowest BCUT2D eigenvalue weighted by Crippen LogP contribution is -2.46. The van der Waals surface area contributed by atoms with E-state index in [-0.39, 0.29) is 5.69 Å². The van der Waals surface area contributed by atoms with Gasteiger partial charge in [0.05, 0.1) is 11.8 Å². The Morgan fingerprint density at radius 1 is 1.17 bits per heavy atom.